The highest BCUT2D eigenvalue weighted by Crippen LogP contribution is 2.20. The molecule has 0 aliphatic rings. The summed E-state index contributed by atoms with van der Waals surface area (Å²) in [5, 5.41) is 6.58. The summed E-state index contributed by atoms with van der Waals surface area (Å²) in [5.74, 6) is 2.02. The van der Waals surface area contributed by atoms with E-state index in [2.05, 4.69) is 37.7 Å². The second-order valence-electron chi connectivity index (χ2n) is 6.17. The number of para-hydroxylation sites is 2. The fourth-order valence-corrected chi connectivity index (χ4v) is 2.86. The molecule has 0 fully saturated rings. The lowest BCUT2D eigenvalue weighted by Gasteiger charge is -2.10. The molecule has 2 heterocycles. The Balaban J connectivity index is 1.56. The quantitative estimate of drug-likeness (QED) is 0.572. The number of rotatable bonds is 5. The van der Waals surface area contributed by atoms with Gasteiger partial charge in [-0.05, 0) is 24.6 Å². The lowest BCUT2D eigenvalue weighted by Crippen LogP contribution is -2.07. The molecule has 26 heavy (non-hydrogen) atoms. The van der Waals surface area contributed by atoms with E-state index in [4.69, 9.17) is 0 Å². The summed E-state index contributed by atoms with van der Waals surface area (Å²) in [6.07, 6.45) is 0. The maximum Gasteiger partial charge on any atom is 0.231 e. The van der Waals surface area contributed by atoms with E-state index in [1.165, 1.54) is 5.56 Å². The van der Waals surface area contributed by atoms with Crippen LogP contribution in [0.3, 0.4) is 0 Å². The highest BCUT2D eigenvalue weighted by Gasteiger charge is 2.09. The van der Waals surface area contributed by atoms with Gasteiger partial charge in [0.25, 0.3) is 0 Å². The van der Waals surface area contributed by atoms with Crippen molar-refractivity contribution in [3.63, 3.8) is 0 Å². The number of aromatic nitrogens is 4. The molecular weight excluding hydrogens is 324 g/mol. The number of benzene rings is 2. The number of aryl methyl sites for hydroxylation is 2. The van der Waals surface area contributed by atoms with Crippen molar-refractivity contribution in [2.45, 2.75) is 13.5 Å². The van der Waals surface area contributed by atoms with Crippen LogP contribution >= 0.6 is 0 Å². The fourth-order valence-electron chi connectivity index (χ4n) is 2.86. The summed E-state index contributed by atoms with van der Waals surface area (Å²) in [6, 6.07) is 20.2. The second-order valence-corrected chi connectivity index (χ2v) is 6.17. The molecule has 6 heteroatoms. The van der Waals surface area contributed by atoms with Crippen LogP contribution in [0.25, 0.3) is 11.0 Å². The number of nitrogens with zero attached hydrogens (tertiary/aromatic N) is 4. The van der Waals surface area contributed by atoms with Gasteiger partial charge >= 0.3 is 0 Å². The third kappa shape index (κ3) is 3.35. The molecule has 0 aliphatic carbocycles. The molecule has 2 N–H and O–H groups in total. The van der Waals surface area contributed by atoms with Crippen molar-refractivity contribution in [3.05, 3.63) is 71.9 Å². The molecule has 0 amide bonds. The van der Waals surface area contributed by atoms with E-state index in [0.717, 1.165) is 22.5 Å². The van der Waals surface area contributed by atoms with Crippen LogP contribution in [-0.4, -0.2) is 19.5 Å². The third-order valence-corrected chi connectivity index (χ3v) is 4.18. The van der Waals surface area contributed by atoms with E-state index in [1.54, 1.807) is 0 Å². The zero-order valence-corrected chi connectivity index (χ0v) is 14.8. The molecule has 0 spiro atoms. The van der Waals surface area contributed by atoms with Gasteiger partial charge in [-0.1, -0.05) is 42.5 Å². The normalized spacial score (nSPS) is 10.8. The Hall–Kier alpha value is -3.41. The summed E-state index contributed by atoms with van der Waals surface area (Å²) in [6.45, 7) is 2.67. The van der Waals surface area contributed by atoms with Gasteiger partial charge in [0, 0.05) is 25.4 Å². The second kappa shape index (κ2) is 6.84. The van der Waals surface area contributed by atoms with Crippen LogP contribution in [0.5, 0.6) is 0 Å². The first kappa shape index (κ1) is 16.1. The Morgan fingerprint density at radius 1 is 0.923 bits per heavy atom. The first-order valence-electron chi connectivity index (χ1n) is 8.51. The molecule has 0 atom stereocenters. The Morgan fingerprint density at radius 2 is 1.69 bits per heavy atom. The molecule has 0 unspecified atom stereocenters. The van der Waals surface area contributed by atoms with Crippen molar-refractivity contribution in [2.75, 3.05) is 10.6 Å². The van der Waals surface area contributed by atoms with Crippen LogP contribution in [0.2, 0.25) is 0 Å². The Labute approximate surface area is 151 Å². The molecule has 0 bridgehead atoms. The Morgan fingerprint density at radius 3 is 2.50 bits per heavy atom. The SMILES string of the molecule is Cc1cc(NCc2ccccc2)nc(Nc2nc3ccccc3n2C)n1. The minimum atomic E-state index is 0.527. The lowest BCUT2D eigenvalue weighted by molar-refractivity contribution is 0.947. The topological polar surface area (TPSA) is 67.7 Å². The number of hydrogen-bond donors (Lipinski definition) is 2. The lowest BCUT2D eigenvalue weighted by atomic mass is 10.2. The summed E-state index contributed by atoms with van der Waals surface area (Å²) in [4.78, 5) is 13.7. The molecular formula is C20H20N6. The van der Waals surface area contributed by atoms with Crippen LogP contribution in [-0.2, 0) is 13.6 Å². The highest BCUT2D eigenvalue weighted by molar-refractivity contribution is 5.79. The first-order chi connectivity index (χ1) is 12.7. The van der Waals surface area contributed by atoms with Crippen molar-refractivity contribution in [3.8, 4) is 0 Å². The van der Waals surface area contributed by atoms with Gasteiger partial charge in [-0.15, -0.1) is 0 Å². The monoisotopic (exact) mass is 344 g/mol. The fraction of sp³-hybridized carbons (Fsp3) is 0.150. The maximum atomic E-state index is 4.61. The average Bonchev–Trinajstić information content (AvgIpc) is 2.96. The zero-order valence-electron chi connectivity index (χ0n) is 14.8. The summed E-state index contributed by atoms with van der Waals surface area (Å²) in [5.41, 5.74) is 4.09. The zero-order chi connectivity index (χ0) is 17.9. The molecule has 6 nitrogen and oxygen atoms in total. The van der Waals surface area contributed by atoms with E-state index in [9.17, 15) is 0 Å². The molecule has 4 rings (SSSR count). The van der Waals surface area contributed by atoms with E-state index < -0.39 is 0 Å². The Kier molecular flexibility index (Phi) is 4.23. The van der Waals surface area contributed by atoms with Crippen molar-refractivity contribution in [1.82, 2.24) is 19.5 Å². The molecule has 130 valence electrons. The molecule has 4 aromatic rings. The highest BCUT2D eigenvalue weighted by atomic mass is 15.3. The van der Waals surface area contributed by atoms with Crippen LogP contribution < -0.4 is 10.6 Å². The van der Waals surface area contributed by atoms with E-state index in [0.29, 0.717) is 18.4 Å². The minimum absolute atomic E-state index is 0.527. The maximum absolute atomic E-state index is 4.61. The number of nitrogens with one attached hydrogen (secondary N) is 2. The van der Waals surface area contributed by atoms with Gasteiger partial charge in [0.15, 0.2) is 0 Å². The molecule has 0 radical (unpaired) electrons. The van der Waals surface area contributed by atoms with Gasteiger partial charge in [-0.3, -0.25) is 5.32 Å². The van der Waals surface area contributed by atoms with Gasteiger partial charge in [0.2, 0.25) is 11.9 Å². The standard InChI is InChI=1S/C20H20N6/c1-14-12-18(21-13-15-8-4-3-5-9-15)24-19(22-14)25-20-23-16-10-6-7-11-17(16)26(20)2/h3-12H,13H2,1-2H3,(H2,21,22,23,24,25). The average molecular weight is 344 g/mol. The van der Waals surface area contributed by atoms with Gasteiger partial charge in [0.05, 0.1) is 11.0 Å². The van der Waals surface area contributed by atoms with Gasteiger partial charge in [-0.2, -0.15) is 4.98 Å². The summed E-state index contributed by atoms with van der Waals surface area (Å²) >= 11 is 0. The van der Waals surface area contributed by atoms with Crippen molar-refractivity contribution in [1.29, 1.82) is 0 Å². The molecule has 2 aromatic heterocycles. The molecule has 0 saturated carbocycles. The van der Waals surface area contributed by atoms with E-state index >= 15 is 0 Å². The molecule has 0 saturated heterocycles. The predicted molar refractivity (Wildman–Crippen MR) is 105 cm³/mol. The smallest absolute Gasteiger partial charge is 0.231 e. The third-order valence-electron chi connectivity index (χ3n) is 4.18. The van der Waals surface area contributed by atoms with Crippen LogP contribution in [0.4, 0.5) is 17.7 Å². The largest absolute Gasteiger partial charge is 0.366 e. The minimum Gasteiger partial charge on any atom is -0.366 e. The predicted octanol–water partition coefficient (Wildman–Crippen LogP) is 4.03. The van der Waals surface area contributed by atoms with Crippen molar-refractivity contribution in [2.24, 2.45) is 7.05 Å². The van der Waals surface area contributed by atoms with Crippen molar-refractivity contribution < 1.29 is 0 Å². The first-order valence-corrected chi connectivity index (χ1v) is 8.51. The van der Waals surface area contributed by atoms with E-state index in [-0.39, 0.29) is 0 Å². The van der Waals surface area contributed by atoms with Gasteiger partial charge in [0.1, 0.15) is 5.82 Å². The van der Waals surface area contributed by atoms with Crippen LogP contribution in [0.1, 0.15) is 11.3 Å². The number of imidazole rings is 1. The van der Waals surface area contributed by atoms with E-state index in [1.807, 2.05) is 67.1 Å². The van der Waals surface area contributed by atoms with Crippen LogP contribution in [0.15, 0.2) is 60.7 Å². The van der Waals surface area contributed by atoms with Gasteiger partial charge < -0.3 is 9.88 Å². The summed E-state index contributed by atoms with van der Waals surface area (Å²) < 4.78 is 2.00. The number of fused-ring (bicyclic) bond motifs is 1. The van der Waals surface area contributed by atoms with Crippen LogP contribution in [0, 0.1) is 6.92 Å². The molecule has 0 aliphatic heterocycles. The number of hydrogen-bond acceptors (Lipinski definition) is 5. The van der Waals surface area contributed by atoms with Gasteiger partial charge in [-0.25, -0.2) is 9.97 Å². The van der Waals surface area contributed by atoms with Crippen molar-refractivity contribution >= 4 is 28.7 Å². The molecule has 2 aromatic carbocycles. The summed E-state index contributed by atoms with van der Waals surface area (Å²) in [7, 11) is 1.97. The number of anilines is 3. The Bertz CT molecular complexity index is 1040.